The zero-order valence-corrected chi connectivity index (χ0v) is 6.30. The summed E-state index contributed by atoms with van der Waals surface area (Å²) in [6.07, 6.45) is 1.21. The molecule has 0 amide bonds. The number of hydrogen-bond acceptors (Lipinski definition) is 3. The fourth-order valence-corrected chi connectivity index (χ4v) is 0.570. The third kappa shape index (κ3) is 2.59. The fraction of sp³-hybridized carbons (Fsp3) is 0.167. The summed E-state index contributed by atoms with van der Waals surface area (Å²) in [5, 5.41) is 18.4. The van der Waals surface area contributed by atoms with Gasteiger partial charge in [-0.05, 0) is 18.4 Å². The van der Waals surface area contributed by atoms with E-state index in [1.54, 1.807) is 0 Å². The van der Waals surface area contributed by atoms with Crippen molar-refractivity contribution in [2.75, 3.05) is 0 Å². The van der Waals surface area contributed by atoms with E-state index >= 15 is 0 Å². The highest BCUT2D eigenvalue weighted by atomic mass is 32.1. The summed E-state index contributed by atoms with van der Waals surface area (Å²) in [6, 6.07) is 0. The number of carbonyl (C=O) groups is 1. The molecule has 0 atom stereocenters. The average Bonchev–Trinajstić information content (AvgIpc) is 1.81. The molecular weight excluding hydrogens is 152 g/mol. The van der Waals surface area contributed by atoms with Crippen molar-refractivity contribution in [2.24, 2.45) is 0 Å². The molecule has 56 valence electrons. The molecule has 2 N–H and O–H groups in total. The molecule has 0 aromatic carbocycles. The van der Waals surface area contributed by atoms with Crippen LogP contribution in [0.25, 0.3) is 0 Å². The average molecular weight is 160 g/mol. The Bertz CT molecular complexity index is 189. The molecule has 0 unspecified atom stereocenters. The topological polar surface area (TPSA) is 57.5 Å². The van der Waals surface area contributed by atoms with Crippen LogP contribution in [0.1, 0.15) is 6.92 Å². The standard InChI is InChI=1S/C6H8O3S/c1-4(7)5(2-3-10)6(8)9/h2-3,7,10H,1H3,(H,8,9)/b3-2+,5-4-. The Hall–Kier alpha value is -0.900. The van der Waals surface area contributed by atoms with Crippen LogP contribution in [0, 0.1) is 0 Å². The molecule has 0 rings (SSSR count). The Morgan fingerprint density at radius 2 is 2.00 bits per heavy atom. The van der Waals surface area contributed by atoms with Gasteiger partial charge in [0.2, 0.25) is 0 Å². The number of aliphatic carboxylic acids is 1. The maximum atomic E-state index is 10.2. The van der Waals surface area contributed by atoms with Crippen molar-refractivity contribution in [3.63, 3.8) is 0 Å². The summed E-state index contributed by atoms with van der Waals surface area (Å²) in [5.74, 6) is -1.39. The third-order valence-electron chi connectivity index (χ3n) is 0.861. The zero-order valence-electron chi connectivity index (χ0n) is 5.40. The minimum atomic E-state index is -1.16. The molecule has 0 bridgehead atoms. The summed E-state index contributed by atoms with van der Waals surface area (Å²) in [4.78, 5) is 10.2. The predicted octanol–water partition coefficient (Wildman–Crippen LogP) is 1.35. The minimum absolute atomic E-state index is 0.144. The second-order valence-electron chi connectivity index (χ2n) is 1.62. The number of allylic oxidation sites excluding steroid dienone is 1. The Balaban J connectivity index is 4.61. The van der Waals surface area contributed by atoms with Crippen LogP contribution in [0.4, 0.5) is 0 Å². The normalized spacial score (nSPS) is 13.4. The summed E-state index contributed by atoms with van der Waals surface area (Å²) >= 11 is 3.66. The van der Waals surface area contributed by atoms with E-state index in [4.69, 9.17) is 10.2 Å². The van der Waals surface area contributed by atoms with E-state index in [9.17, 15) is 4.79 Å². The number of carboxylic acid groups (broad SMARTS) is 1. The maximum absolute atomic E-state index is 10.2. The van der Waals surface area contributed by atoms with Gasteiger partial charge in [-0.3, -0.25) is 0 Å². The van der Waals surface area contributed by atoms with Crippen molar-refractivity contribution in [1.82, 2.24) is 0 Å². The van der Waals surface area contributed by atoms with Gasteiger partial charge >= 0.3 is 5.97 Å². The Morgan fingerprint density at radius 3 is 2.10 bits per heavy atom. The molecule has 0 spiro atoms. The third-order valence-corrected chi connectivity index (χ3v) is 1.01. The Labute approximate surface area is 64.1 Å². The van der Waals surface area contributed by atoms with Crippen LogP contribution in [-0.2, 0) is 4.79 Å². The summed E-state index contributed by atoms with van der Waals surface area (Å²) in [6.45, 7) is 1.30. The number of carboxylic acids is 1. The van der Waals surface area contributed by atoms with E-state index in [-0.39, 0.29) is 11.3 Å². The van der Waals surface area contributed by atoms with Gasteiger partial charge in [-0.15, -0.1) is 0 Å². The number of rotatable bonds is 2. The molecule has 0 aliphatic rings. The highest BCUT2D eigenvalue weighted by molar-refractivity contribution is 7.83. The number of hydrogen-bond donors (Lipinski definition) is 3. The lowest BCUT2D eigenvalue weighted by Crippen LogP contribution is -2.00. The van der Waals surface area contributed by atoms with Crippen LogP contribution >= 0.6 is 12.6 Å². The molecule has 4 heteroatoms. The van der Waals surface area contributed by atoms with Gasteiger partial charge in [0.15, 0.2) is 0 Å². The van der Waals surface area contributed by atoms with Gasteiger partial charge in [0.1, 0.15) is 5.76 Å². The largest absolute Gasteiger partial charge is 0.512 e. The van der Waals surface area contributed by atoms with Crippen molar-refractivity contribution in [3.8, 4) is 0 Å². The number of aliphatic hydroxyl groups is 1. The second kappa shape index (κ2) is 4.00. The van der Waals surface area contributed by atoms with Crippen LogP contribution in [0.5, 0.6) is 0 Å². The van der Waals surface area contributed by atoms with Crippen LogP contribution < -0.4 is 0 Å². The Kier molecular flexibility index (Phi) is 3.64. The second-order valence-corrected chi connectivity index (χ2v) is 1.92. The highest BCUT2D eigenvalue weighted by Crippen LogP contribution is 2.03. The molecule has 0 aromatic heterocycles. The number of aliphatic hydroxyl groups excluding tert-OH is 1. The first-order valence-electron chi connectivity index (χ1n) is 2.53. The summed E-state index contributed by atoms with van der Waals surface area (Å²) in [7, 11) is 0. The van der Waals surface area contributed by atoms with E-state index in [0.29, 0.717) is 0 Å². The molecule has 3 nitrogen and oxygen atoms in total. The van der Waals surface area contributed by atoms with E-state index in [1.807, 2.05) is 0 Å². The molecule has 10 heavy (non-hydrogen) atoms. The lowest BCUT2D eigenvalue weighted by Gasteiger charge is -1.94. The van der Waals surface area contributed by atoms with Crippen LogP contribution in [-0.4, -0.2) is 16.2 Å². The van der Waals surface area contributed by atoms with E-state index in [0.717, 1.165) is 0 Å². The van der Waals surface area contributed by atoms with Crippen LogP contribution in [0.2, 0.25) is 0 Å². The smallest absolute Gasteiger partial charge is 0.339 e. The summed E-state index contributed by atoms with van der Waals surface area (Å²) < 4.78 is 0. The zero-order chi connectivity index (χ0) is 8.15. The van der Waals surface area contributed by atoms with Crippen molar-refractivity contribution in [2.45, 2.75) is 6.92 Å². The van der Waals surface area contributed by atoms with E-state index in [2.05, 4.69) is 12.6 Å². The Morgan fingerprint density at radius 1 is 1.50 bits per heavy atom. The highest BCUT2D eigenvalue weighted by Gasteiger charge is 2.05. The molecule has 0 fully saturated rings. The monoisotopic (exact) mass is 160 g/mol. The molecule has 0 radical (unpaired) electrons. The van der Waals surface area contributed by atoms with Gasteiger partial charge in [0.25, 0.3) is 0 Å². The van der Waals surface area contributed by atoms with E-state index < -0.39 is 5.97 Å². The molecule has 0 aromatic rings. The SMILES string of the molecule is C/C(O)=C(\C=C\S)C(=O)O. The van der Waals surface area contributed by atoms with Crippen LogP contribution in [0.3, 0.4) is 0 Å². The maximum Gasteiger partial charge on any atom is 0.339 e. The van der Waals surface area contributed by atoms with Gasteiger partial charge < -0.3 is 10.2 Å². The van der Waals surface area contributed by atoms with E-state index in [1.165, 1.54) is 18.4 Å². The van der Waals surface area contributed by atoms with Gasteiger partial charge in [0.05, 0.1) is 5.57 Å². The minimum Gasteiger partial charge on any atom is -0.512 e. The molecule has 0 heterocycles. The predicted molar refractivity (Wildman–Crippen MR) is 41.1 cm³/mol. The molecular formula is C6H8O3S. The van der Waals surface area contributed by atoms with Gasteiger partial charge in [-0.2, -0.15) is 12.6 Å². The first kappa shape index (κ1) is 9.10. The first-order chi connectivity index (χ1) is 4.59. The van der Waals surface area contributed by atoms with Crippen molar-refractivity contribution in [3.05, 3.63) is 22.8 Å². The summed E-state index contributed by atoms with van der Waals surface area (Å²) in [5.41, 5.74) is -0.144. The quantitative estimate of drug-likeness (QED) is 0.247. The molecule has 0 aliphatic carbocycles. The van der Waals surface area contributed by atoms with Gasteiger partial charge in [-0.25, -0.2) is 4.79 Å². The molecule has 0 saturated carbocycles. The molecule has 0 aliphatic heterocycles. The van der Waals surface area contributed by atoms with Crippen molar-refractivity contribution >= 4 is 18.6 Å². The van der Waals surface area contributed by atoms with Crippen molar-refractivity contribution in [1.29, 1.82) is 0 Å². The number of thiol groups is 1. The van der Waals surface area contributed by atoms with Crippen LogP contribution in [0.15, 0.2) is 22.8 Å². The van der Waals surface area contributed by atoms with Gasteiger partial charge in [0, 0.05) is 0 Å². The van der Waals surface area contributed by atoms with Gasteiger partial charge in [-0.1, -0.05) is 0 Å². The fourth-order valence-electron chi connectivity index (χ4n) is 0.421. The first-order valence-corrected chi connectivity index (χ1v) is 3.05. The van der Waals surface area contributed by atoms with Crippen molar-refractivity contribution < 1.29 is 15.0 Å². The lowest BCUT2D eigenvalue weighted by atomic mass is 10.2. The lowest BCUT2D eigenvalue weighted by molar-refractivity contribution is -0.132. The molecule has 0 saturated heterocycles.